The molecule has 1 saturated carbocycles. The predicted octanol–water partition coefficient (Wildman–Crippen LogP) is 2.24. The molecule has 1 fully saturated rings. The molecule has 0 bridgehead atoms. The van der Waals surface area contributed by atoms with Crippen LogP contribution in [0.4, 0.5) is 0 Å². The smallest absolute Gasteiger partial charge is 0.313 e. The standard InChI is InChI=1S/C12H23NO2/c1-4-6-9(2)15-11(14)12(3)8-5-7-10(12)13/h9-10H,4-8,13H2,1-3H3. The molecule has 0 heterocycles. The molecule has 0 saturated heterocycles. The summed E-state index contributed by atoms with van der Waals surface area (Å²) in [5, 5.41) is 0. The molecule has 0 aliphatic heterocycles. The van der Waals surface area contributed by atoms with Crippen molar-refractivity contribution >= 4 is 5.97 Å². The molecule has 15 heavy (non-hydrogen) atoms. The zero-order valence-corrected chi connectivity index (χ0v) is 10.1. The van der Waals surface area contributed by atoms with E-state index in [2.05, 4.69) is 6.92 Å². The molecule has 3 unspecified atom stereocenters. The van der Waals surface area contributed by atoms with Gasteiger partial charge in [0.05, 0.1) is 11.5 Å². The Morgan fingerprint density at radius 2 is 2.33 bits per heavy atom. The predicted molar refractivity (Wildman–Crippen MR) is 60.4 cm³/mol. The van der Waals surface area contributed by atoms with Crippen molar-refractivity contribution in [1.29, 1.82) is 0 Å². The van der Waals surface area contributed by atoms with Gasteiger partial charge in [-0.25, -0.2) is 0 Å². The fraction of sp³-hybridized carbons (Fsp3) is 0.917. The van der Waals surface area contributed by atoms with E-state index in [4.69, 9.17) is 10.5 Å². The normalized spacial score (nSPS) is 32.7. The van der Waals surface area contributed by atoms with Crippen LogP contribution >= 0.6 is 0 Å². The molecule has 1 aliphatic carbocycles. The maximum absolute atomic E-state index is 12.0. The molecule has 3 heteroatoms. The van der Waals surface area contributed by atoms with Gasteiger partial charge in [-0.15, -0.1) is 0 Å². The number of carbonyl (C=O) groups excluding carboxylic acids is 1. The summed E-state index contributed by atoms with van der Waals surface area (Å²) in [6.07, 6.45) is 4.83. The van der Waals surface area contributed by atoms with Crippen LogP contribution in [0.5, 0.6) is 0 Å². The van der Waals surface area contributed by atoms with Crippen LogP contribution in [-0.2, 0) is 9.53 Å². The Labute approximate surface area is 92.4 Å². The lowest BCUT2D eigenvalue weighted by Crippen LogP contribution is -2.43. The van der Waals surface area contributed by atoms with Crippen molar-refractivity contribution in [1.82, 2.24) is 0 Å². The average Bonchev–Trinajstić information content (AvgIpc) is 2.48. The van der Waals surface area contributed by atoms with Crippen molar-refractivity contribution in [2.75, 3.05) is 0 Å². The summed E-state index contributed by atoms with van der Waals surface area (Å²) in [5.74, 6) is -0.103. The number of nitrogens with two attached hydrogens (primary N) is 1. The molecule has 3 nitrogen and oxygen atoms in total. The number of esters is 1. The second-order valence-corrected chi connectivity index (χ2v) is 4.92. The Hall–Kier alpha value is -0.570. The fourth-order valence-electron chi connectivity index (χ4n) is 2.23. The topological polar surface area (TPSA) is 52.3 Å². The van der Waals surface area contributed by atoms with Gasteiger partial charge in [-0.1, -0.05) is 19.8 Å². The molecule has 0 amide bonds. The van der Waals surface area contributed by atoms with E-state index in [-0.39, 0.29) is 18.1 Å². The van der Waals surface area contributed by atoms with Crippen LogP contribution < -0.4 is 5.73 Å². The van der Waals surface area contributed by atoms with Crippen LogP contribution in [-0.4, -0.2) is 18.1 Å². The SMILES string of the molecule is CCCC(C)OC(=O)C1(C)CCCC1N. The summed E-state index contributed by atoms with van der Waals surface area (Å²) in [6, 6.07) is -0.0289. The zero-order chi connectivity index (χ0) is 11.5. The van der Waals surface area contributed by atoms with Gasteiger partial charge >= 0.3 is 5.97 Å². The molecule has 3 atom stereocenters. The second kappa shape index (κ2) is 4.97. The highest BCUT2D eigenvalue weighted by Crippen LogP contribution is 2.38. The van der Waals surface area contributed by atoms with E-state index >= 15 is 0 Å². The summed E-state index contributed by atoms with van der Waals surface area (Å²) in [7, 11) is 0. The van der Waals surface area contributed by atoms with E-state index < -0.39 is 5.41 Å². The second-order valence-electron chi connectivity index (χ2n) is 4.92. The largest absolute Gasteiger partial charge is 0.462 e. The van der Waals surface area contributed by atoms with Crippen LogP contribution in [0, 0.1) is 5.41 Å². The molecule has 2 N–H and O–H groups in total. The van der Waals surface area contributed by atoms with Gasteiger partial charge in [0.1, 0.15) is 0 Å². The third kappa shape index (κ3) is 2.71. The Kier molecular flexibility index (Phi) is 4.14. The first-order valence-electron chi connectivity index (χ1n) is 5.97. The van der Waals surface area contributed by atoms with Crippen molar-refractivity contribution in [3.8, 4) is 0 Å². The summed E-state index contributed by atoms with van der Waals surface area (Å²) in [5.41, 5.74) is 5.52. The molecule has 0 spiro atoms. The van der Waals surface area contributed by atoms with Crippen molar-refractivity contribution in [2.24, 2.45) is 11.1 Å². The lowest BCUT2D eigenvalue weighted by atomic mass is 9.85. The maximum atomic E-state index is 12.0. The van der Waals surface area contributed by atoms with Crippen LogP contribution in [0.15, 0.2) is 0 Å². The third-order valence-electron chi connectivity index (χ3n) is 3.50. The van der Waals surface area contributed by atoms with Crippen molar-refractivity contribution in [2.45, 2.75) is 65.0 Å². The van der Waals surface area contributed by atoms with Gasteiger partial charge in [0.15, 0.2) is 0 Å². The summed E-state index contributed by atoms with van der Waals surface area (Å²) in [4.78, 5) is 12.0. The quantitative estimate of drug-likeness (QED) is 0.729. The first-order valence-corrected chi connectivity index (χ1v) is 5.97. The summed E-state index contributed by atoms with van der Waals surface area (Å²) < 4.78 is 5.43. The van der Waals surface area contributed by atoms with Crippen LogP contribution in [0.1, 0.15) is 52.9 Å². The average molecular weight is 213 g/mol. The Morgan fingerprint density at radius 1 is 1.67 bits per heavy atom. The zero-order valence-electron chi connectivity index (χ0n) is 10.1. The van der Waals surface area contributed by atoms with Crippen molar-refractivity contribution in [3.05, 3.63) is 0 Å². The van der Waals surface area contributed by atoms with E-state index in [0.29, 0.717) is 0 Å². The lowest BCUT2D eigenvalue weighted by Gasteiger charge is -2.28. The van der Waals surface area contributed by atoms with Crippen LogP contribution in [0.3, 0.4) is 0 Å². The number of ether oxygens (including phenoxy) is 1. The molecule has 1 rings (SSSR count). The first-order chi connectivity index (χ1) is 7.00. The highest BCUT2D eigenvalue weighted by atomic mass is 16.5. The van der Waals surface area contributed by atoms with E-state index in [9.17, 15) is 4.79 Å². The molecule has 0 radical (unpaired) electrons. The summed E-state index contributed by atoms with van der Waals surface area (Å²) in [6.45, 7) is 5.98. The van der Waals surface area contributed by atoms with Gasteiger partial charge in [0.2, 0.25) is 0 Å². The van der Waals surface area contributed by atoms with Crippen LogP contribution in [0.25, 0.3) is 0 Å². The number of hydrogen-bond acceptors (Lipinski definition) is 3. The van der Waals surface area contributed by atoms with Gasteiger partial charge in [-0.05, 0) is 33.1 Å². The minimum Gasteiger partial charge on any atom is -0.462 e. The van der Waals surface area contributed by atoms with Gasteiger partial charge in [0.25, 0.3) is 0 Å². The van der Waals surface area contributed by atoms with Gasteiger partial charge in [-0.2, -0.15) is 0 Å². The van der Waals surface area contributed by atoms with E-state index in [0.717, 1.165) is 32.1 Å². The highest BCUT2D eigenvalue weighted by Gasteiger charge is 2.44. The molecular weight excluding hydrogens is 190 g/mol. The number of carbonyl (C=O) groups is 1. The van der Waals surface area contributed by atoms with Crippen molar-refractivity contribution in [3.63, 3.8) is 0 Å². The van der Waals surface area contributed by atoms with E-state index in [1.54, 1.807) is 0 Å². The number of hydrogen-bond donors (Lipinski definition) is 1. The molecule has 1 aliphatic rings. The third-order valence-corrected chi connectivity index (χ3v) is 3.50. The molecule has 0 aromatic heterocycles. The fourth-order valence-corrected chi connectivity index (χ4v) is 2.23. The lowest BCUT2D eigenvalue weighted by molar-refractivity contribution is -0.160. The maximum Gasteiger partial charge on any atom is 0.313 e. The molecular formula is C12H23NO2. The van der Waals surface area contributed by atoms with Crippen LogP contribution in [0.2, 0.25) is 0 Å². The molecule has 0 aromatic carbocycles. The Balaban J connectivity index is 2.52. The molecule has 0 aromatic rings. The minimum absolute atomic E-state index is 0.0205. The van der Waals surface area contributed by atoms with E-state index in [1.165, 1.54) is 0 Å². The monoisotopic (exact) mass is 213 g/mol. The first kappa shape index (κ1) is 12.5. The van der Waals surface area contributed by atoms with E-state index in [1.807, 2.05) is 13.8 Å². The van der Waals surface area contributed by atoms with Gasteiger partial charge in [-0.3, -0.25) is 4.79 Å². The molecule has 88 valence electrons. The van der Waals surface area contributed by atoms with Gasteiger partial charge in [0, 0.05) is 6.04 Å². The minimum atomic E-state index is -0.442. The van der Waals surface area contributed by atoms with Crippen molar-refractivity contribution < 1.29 is 9.53 Å². The summed E-state index contributed by atoms with van der Waals surface area (Å²) >= 11 is 0. The number of rotatable bonds is 4. The Morgan fingerprint density at radius 3 is 2.80 bits per heavy atom. The van der Waals surface area contributed by atoms with Gasteiger partial charge < -0.3 is 10.5 Å². The Bertz CT molecular complexity index is 230. The highest BCUT2D eigenvalue weighted by molar-refractivity contribution is 5.78.